The Hall–Kier alpha value is -3.61. The highest BCUT2D eigenvalue weighted by Gasteiger charge is 2.30. The Morgan fingerprint density at radius 3 is 2.53 bits per heavy atom. The summed E-state index contributed by atoms with van der Waals surface area (Å²) in [6, 6.07) is 6.78. The van der Waals surface area contributed by atoms with Gasteiger partial charge < -0.3 is 28.1 Å². The maximum atomic E-state index is 13.3. The zero-order valence-electron chi connectivity index (χ0n) is 16.9. The molecule has 3 aromatic rings. The van der Waals surface area contributed by atoms with Gasteiger partial charge >= 0.3 is 0 Å². The van der Waals surface area contributed by atoms with Crippen LogP contribution in [0, 0.1) is 0 Å². The minimum atomic E-state index is -0.265. The van der Waals surface area contributed by atoms with Gasteiger partial charge in [0, 0.05) is 24.1 Å². The van der Waals surface area contributed by atoms with Crippen molar-refractivity contribution in [3.8, 4) is 34.5 Å². The number of hydrogen-bond acceptors (Lipinski definition) is 7. The van der Waals surface area contributed by atoms with Gasteiger partial charge in [0.05, 0.1) is 19.6 Å². The highest BCUT2D eigenvalue weighted by molar-refractivity contribution is 5.84. The summed E-state index contributed by atoms with van der Waals surface area (Å²) in [4.78, 5) is 13.3. The molecule has 0 saturated heterocycles. The van der Waals surface area contributed by atoms with Crippen molar-refractivity contribution in [1.82, 2.24) is 0 Å². The van der Waals surface area contributed by atoms with Crippen LogP contribution in [-0.4, -0.2) is 20.3 Å². The molecule has 0 bridgehead atoms. The van der Waals surface area contributed by atoms with Crippen molar-refractivity contribution in [2.45, 2.75) is 26.1 Å². The summed E-state index contributed by atoms with van der Waals surface area (Å²) in [7, 11) is 3.06. The zero-order valence-corrected chi connectivity index (χ0v) is 16.9. The van der Waals surface area contributed by atoms with E-state index in [0.29, 0.717) is 51.9 Å². The van der Waals surface area contributed by atoms with Gasteiger partial charge in [0.2, 0.25) is 11.2 Å². The van der Waals surface area contributed by atoms with Crippen LogP contribution < -0.4 is 29.1 Å². The first-order valence-electron chi connectivity index (χ1n) is 9.50. The second kappa shape index (κ2) is 6.73. The third kappa shape index (κ3) is 2.69. The molecule has 2 aliphatic heterocycles. The van der Waals surface area contributed by atoms with Crippen molar-refractivity contribution < 1.29 is 28.1 Å². The summed E-state index contributed by atoms with van der Waals surface area (Å²) >= 11 is 0. The van der Waals surface area contributed by atoms with Gasteiger partial charge in [0.15, 0.2) is 35.4 Å². The van der Waals surface area contributed by atoms with E-state index in [1.807, 2.05) is 6.92 Å². The molecule has 0 saturated carbocycles. The average molecular weight is 408 g/mol. The molecule has 1 atom stereocenters. The van der Waals surface area contributed by atoms with Crippen molar-refractivity contribution in [3.63, 3.8) is 0 Å². The Kier molecular flexibility index (Phi) is 4.13. The van der Waals surface area contributed by atoms with Crippen LogP contribution in [0.2, 0.25) is 0 Å². The minimum absolute atomic E-state index is 0.0391. The Labute approximate surface area is 172 Å². The molecule has 0 aliphatic carbocycles. The molecule has 3 heterocycles. The predicted octanol–water partition coefficient (Wildman–Crippen LogP) is 4.37. The summed E-state index contributed by atoms with van der Waals surface area (Å²) in [5, 5.41) is 0.433. The van der Waals surface area contributed by atoms with E-state index in [2.05, 4.69) is 6.58 Å². The Morgan fingerprint density at radius 2 is 1.83 bits per heavy atom. The molecule has 2 aromatic carbocycles. The molecule has 0 amide bonds. The Bertz CT molecular complexity index is 1250. The van der Waals surface area contributed by atoms with Crippen LogP contribution in [-0.2, 0) is 13.0 Å². The van der Waals surface area contributed by atoms with Gasteiger partial charge in [-0.25, -0.2) is 0 Å². The van der Waals surface area contributed by atoms with E-state index < -0.39 is 0 Å². The molecular weight excluding hydrogens is 388 g/mol. The number of rotatable bonds is 3. The molecule has 0 spiro atoms. The lowest BCUT2D eigenvalue weighted by atomic mass is 10.0. The normalized spacial score (nSPS) is 16.3. The second-order valence-electron chi connectivity index (χ2n) is 7.30. The van der Waals surface area contributed by atoms with Gasteiger partial charge in [-0.2, -0.15) is 0 Å². The quantitative estimate of drug-likeness (QED) is 0.596. The third-order valence-corrected chi connectivity index (χ3v) is 5.38. The molecule has 7 heteroatoms. The van der Waals surface area contributed by atoms with Gasteiger partial charge in [-0.05, 0) is 24.6 Å². The molecule has 154 valence electrons. The summed E-state index contributed by atoms with van der Waals surface area (Å²) in [5.41, 5.74) is 2.00. The number of ether oxygens (including phenoxy) is 5. The van der Waals surface area contributed by atoms with E-state index in [4.69, 9.17) is 28.1 Å². The fourth-order valence-corrected chi connectivity index (χ4v) is 3.77. The van der Waals surface area contributed by atoms with Crippen LogP contribution in [0.3, 0.4) is 0 Å². The lowest BCUT2D eigenvalue weighted by Crippen LogP contribution is -2.13. The molecule has 2 aliphatic rings. The van der Waals surface area contributed by atoms with Crippen molar-refractivity contribution >= 4 is 11.0 Å². The molecule has 0 radical (unpaired) electrons. The van der Waals surface area contributed by atoms with E-state index in [1.54, 1.807) is 24.3 Å². The zero-order chi connectivity index (χ0) is 21.0. The summed E-state index contributed by atoms with van der Waals surface area (Å²) < 4.78 is 34.5. The van der Waals surface area contributed by atoms with E-state index >= 15 is 0 Å². The van der Waals surface area contributed by atoms with Crippen molar-refractivity contribution in [2.24, 2.45) is 0 Å². The first-order valence-corrected chi connectivity index (χ1v) is 9.50. The average Bonchev–Trinajstić information content (AvgIpc) is 3.11. The van der Waals surface area contributed by atoms with Crippen LogP contribution in [0.5, 0.6) is 34.5 Å². The molecule has 0 N–H and O–H groups in total. The fourth-order valence-electron chi connectivity index (χ4n) is 3.77. The lowest BCUT2D eigenvalue weighted by Gasteiger charge is -2.12. The van der Waals surface area contributed by atoms with Crippen LogP contribution >= 0.6 is 0 Å². The highest BCUT2D eigenvalue weighted by Crippen LogP contribution is 2.45. The molecule has 0 fully saturated rings. The van der Waals surface area contributed by atoms with Gasteiger partial charge in [-0.3, -0.25) is 4.79 Å². The number of methoxy groups -OCH3 is 2. The van der Waals surface area contributed by atoms with Gasteiger partial charge in [-0.1, -0.05) is 6.58 Å². The monoisotopic (exact) mass is 408 g/mol. The summed E-state index contributed by atoms with van der Waals surface area (Å²) in [5.74, 6) is 2.86. The van der Waals surface area contributed by atoms with Crippen LogP contribution in [0.25, 0.3) is 11.0 Å². The summed E-state index contributed by atoms with van der Waals surface area (Å²) in [6.45, 7) is 5.93. The number of benzene rings is 2. The smallest absolute Gasteiger partial charge is 0.235 e. The number of hydrogen-bond donors (Lipinski definition) is 0. The topological polar surface area (TPSA) is 76.4 Å². The second-order valence-corrected chi connectivity index (χ2v) is 7.30. The van der Waals surface area contributed by atoms with E-state index in [-0.39, 0.29) is 23.9 Å². The van der Waals surface area contributed by atoms with Crippen molar-refractivity contribution in [3.05, 3.63) is 58.0 Å². The maximum Gasteiger partial charge on any atom is 0.235 e. The highest BCUT2D eigenvalue weighted by atomic mass is 16.6. The molecule has 0 unspecified atom stereocenters. The predicted molar refractivity (Wildman–Crippen MR) is 109 cm³/mol. The van der Waals surface area contributed by atoms with Crippen LogP contribution in [0.1, 0.15) is 18.2 Å². The minimum Gasteiger partial charge on any atom is -0.493 e. The van der Waals surface area contributed by atoms with Crippen molar-refractivity contribution in [2.75, 3.05) is 14.2 Å². The third-order valence-electron chi connectivity index (χ3n) is 5.38. The van der Waals surface area contributed by atoms with E-state index in [1.165, 1.54) is 14.2 Å². The van der Waals surface area contributed by atoms with E-state index in [9.17, 15) is 4.79 Å². The standard InChI is InChI=1S/C23H20O7/c1-11(2)15-7-13-14(28-15)6-5-12-21(24)23-20(30-22(12)13)10-27-18-8-16(25-3)17(26-4)9-19(18)29-23/h5-6,8-9,15H,1,7,10H2,2-4H3/t15-/m0/s1. The molecule has 5 rings (SSSR count). The van der Waals surface area contributed by atoms with Crippen LogP contribution in [0.4, 0.5) is 0 Å². The Morgan fingerprint density at radius 1 is 1.10 bits per heavy atom. The largest absolute Gasteiger partial charge is 0.493 e. The maximum absolute atomic E-state index is 13.3. The Balaban J connectivity index is 1.65. The van der Waals surface area contributed by atoms with Gasteiger partial charge in [0.25, 0.3) is 0 Å². The van der Waals surface area contributed by atoms with Gasteiger partial charge in [-0.15, -0.1) is 0 Å². The molecule has 30 heavy (non-hydrogen) atoms. The SMILES string of the molecule is C=C(C)[C@@H]1Cc2c(ccc3c(=O)c4c(oc23)COc2cc(OC)c(OC)cc2O4)O1. The first kappa shape index (κ1) is 18.4. The molecule has 7 nitrogen and oxygen atoms in total. The van der Waals surface area contributed by atoms with E-state index in [0.717, 1.165) is 11.1 Å². The van der Waals surface area contributed by atoms with Crippen LogP contribution in [0.15, 0.2) is 45.6 Å². The van der Waals surface area contributed by atoms with Crippen molar-refractivity contribution in [1.29, 1.82) is 0 Å². The fraction of sp³-hybridized carbons (Fsp3) is 0.261. The molecular formula is C23H20O7. The summed E-state index contributed by atoms with van der Waals surface area (Å²) in [6.07, 6.45) is 0.464. The molecule has 1 aromatic heterocycles. The first-order chi connectivity index (χ1) is 14.5. The van der Waals surface area contributed by atoms with Gasteiger partial charge in [0.1, 0.15) is 17.4 Å². The lowest BCUT2D eigenvalue weighted by molar-refractivity contribution is 0.271. The number of fused-ring (bicyclic) bond motifs is 5.